The Labute approximate surface area is 208 Å². The number of aryl methyl sites for hydroxylation is 2. The molecule has 0 bridgehead atoms. The molecule has 1 aromatic heterocycles. The minimum atomic E-state index is 0. The van der Waals surface area contributed by atoms with E-state index in [1.165, 1.54) is 31.2 Å². The van der Waals surface area contributed by atoms with Crippen molar-refractivity contribution < 1.29 is 4.74 Å². The minimum absolute atomic E-state index is 0. The van der Waals surface area contributed by atoms with E-state index in [-0.39, 0.29) is 29.4 Å². The van der Waals surface area contributed by atoms with Crippen molar-refractivity contribution in [2.24, 2.45) is 4.99 Å². The van der Waals surface area contributed by atoms with E-state index in [0.717, 1.165) is 62.3 Å². The summed E-state index contributed by atoms with van der Waals surface area (Å²) in [5.74, 6) is 3.88. The third-order valence-electron chi connectivity index (χ3n) is 6.69. The van der Waals surface area contributed by atoms with Crippen LogP contribution in [0.5, 0.6) is 5.75 Å². The Morgan fingerprint density at radius 2 is 2.09 bits per heavy atom. The maximum absolute atomic E-state index is 5.49. The maximum atomic E-state index is 5.49. The Morgan fingerprint density at radius 3 is 2.81 bits per heavy atom. The van der Waals surface area contributed by atoms with Gasteiger partial charge < -0.3 is 15.4 Å². The smallest absolute Gasteiger partial charge is 0.191 e. The van der Waals surface area contributed by atoms with E-state index < -0.39 is 0 Å². The highest BCUT2D eigenvalue weighted by molar-refractivity contribution is 14.0. The molecule has 2 heterocycles. The van der Waals surface area contributed by atoms with Crippen LogP contribution < -0.4 is 15.4 Å². The van der Waals surface area contributed by atoms with Crippen LogP contribution in [0.15, 0.2) is 29.3 Å². The molecule has 0 spiro atoms. The number of methoxy groups -OCH3 is 1. The van der Waals surface area contributed by atoms with Crippen LogP contribution in [0.3, 0.4) is 0 Å². The summed E-state index contributed by atoms with van der Waals surface area (Å²) in [5.41, 5.74) is 1.44. The molecule has 1 fully saturated rings. The summed E-state index contributed by atoms with van der Waals surface area (Å²) in [6.45, 7) is 6.70. The zero-order chi connectivity index (χ0) is 21.7. The molecular weight excluding hydrogens is 515 g/mol. The molecule has 1 unspecified atom stereocenters. The average Bonchev–Trinajstić information content (AvgIpc) is 3.45. The summed E-state index contributed by atoms with van der Waals surface area (Å²) >= 11 is 0. The van der Waals surface area contributed by atoms with E-state index in [1.54, 1.807) is 7.11 Å². The van der Waals surface area contributed by atoms with E-state index in [9.17, 15) is 0 Å². The molecule has 1 aromatic carbocycles. The van der Waals surface area contributed by atoms with Crippen molar-refractivity contribution in [2.75, 3.05) is 20.2 Å². The number of aromatic nitrogens is 3. The summed E-state index contributed by atoms with van der Waals surface area (Å²) < 4.78 is 7.56. The van der Waals surface area contributed by atoms with Crippen LogP contribution in [0.1, 0.15) is 63.2 Å². The van der Waals surface area contributed by atoms with Gasteiger partial charge >= 0.3 is 0 Å². The Kier molecular flexibility index (Phi) is 8.79. The van der Waals surface area contributed by atoms with Crippen molar-refractivity contribution in [3.63, 3.8) is 0 Å². The van der Waals surface area contributed by atoms with Gasteiger partial charge in [-0.15, -0.1) is 24.0 Å². The second-order valence-corrected chi connectivity index (χ2v) is 8.77. The second-order valence-electron chi connectivity index (χ2n) is 8.77. The molecule has 176 valence electrons. The molecule has 1 saturated carbocycles. The van der Waals surface area contributed by atoms with Crippen molar-refractivity contribution >= 4 is 29.9 Å². The highest BCUT2D eigenvalue weighted by atomic mass is 127. The summed E-state index contributed by atoms with van der Waals surface area (Å²) in [5, 5.41) is 11.8. The van der Waals surface area contributed by atoms with Gasteiger partial charge in [-0.3, -0.25) is 4.99 Å². The summed E-state index contributed by atoms with van der Waals surface area (Å²) in [4.78, 5) is 9.71. The lowest BCUT2D eigenvalue weighted by molar-refractivity contribution is 0.390. The van der Waals surface area contributed by atoms with Gasteiger partial charge in [-0.1, -0.05) is 31.9 Å². The number of halogens is 1. The van der Waals surface area contributed by atoms with Crippen LogP contribution in [0.2, 0.25) is 0 Å². The zero-order valence-electron chi connectivity index (χ0n) is 19.6. The fourth-order valence-corrected chi connectivity index (χ4v) is 4.91. The fourth-order valence-electron chi connectivity index (χ4n) is 4.91. The molecule has 1 atom stereocenters. The molecule has 0 saturated heterocycles. The lowest BCUT2D eigenvalue weighted by Gasteiger charge is -2.30. The minimum Gasteiger partial charge on any atom is -0.497 e. The number of aliphatic imine (C=N–C) groups is 1. The van der Waals surface area contributed by atoms with Gasteiger partial charge in [-0.2, -0.15) is 5.10 Å². The van der Waals surface area contributed by atoms with Crippen molar-refractivity contribution in [1.29, 1.82) is 0 Å². The molecule has 2 N–H and O–H groups in total. The first-order valence-corrected chi connectivity index (χ1v) is 11.8. The second kappa shape index (κ2) is 11.3. The fraction of sp³-hybridized carbons (Fsp3) is 0.625. The number of guanidine groups is 1. The number of rotatable bonds is 7. The Hall–Kier alpha value is -1.84. The molecule has 1 aliphatic carbocycles. The van der Waals surface area contributed by atoms with Gasteiger partial charge in [0.2, 0.25) is 0 Å². The molecular formula is C24H37IN6O. The number of benzene rings is 1. The Balaban J connectivity index is 0.00000289. The van der Waals surface area contributed by atoms with Gasteiger partial charge in [-0.25, -0.2) is 9.67 Å². The van der Waals surface area contributed by atoms with Crippen molar-refractivity contribution in [3.8, 4) is 5.75 Å². The molecule has 7 nitrogen and oxygen atoms in total. The standard InChI is InChI=1S/C24H36N6O.HI/c1-4-21-28-22-12-11-19(16-30(22)29-21)27-23(25-5-2)26-17-24(13-6-7-14-24)18-9-8-10-20(15-18)31-3;/h8-10,15,19H,4-7,11-14,16-17H2,1-3H3,(H2,25,26,27);1H. The van der Waals surface area contributed by atoms with Crippen molar-refractivity contribution in [2.45, 2.75) is 76.8 Å². The molecule has 4 rings (SSSR count). The molecule has 2 aromatic rings. The topological polar surface area (TPSA) is 76.4 Å². The van der Waals surface area contributed by atoms with Crippen molar-refractivity contribution in [1.82, 2.24) is 25.4 Å². The summed E-state index contributed by atoms with van der Waals surface area (Å²) in [7, 11) is 1.74. The van der Waals surface area contributed by atoms with E-state index in [2.05, 4.69) is 57.4 Å². The van der Waals surface area contributed by atoms with Crippen LogP contribution in [0, 0.1) is 0 Å². The molecule has 0 radical (unpaired) electrons. The third kappa shape index (κ3) is 5.55. The lowest BCUT2D eigenvalue weighted by atomic mass is 9.79. The van der Waals surface area contributed by atoms with Gasteiger partial charge in [-0.05, 0) is 43.9 Å². The molecule has 2 aliphatic rings. The number of ether oxygens (including phenoxy) is 1. The number of hydrogen-bond donors (Lipinski definition) is 2. The predicted octanol–water partition coefficient (Wildman–Crippen LogP) is 3.85. The zero-order valence-corrected chi connectivity index (χ0v) is 21.9. The molecule has 1 aliphatic heterocycles. The maximum Gasteiger partial charge on any atom is 0.191 e. The summed E-state index contributed by atoms with van der Waals surface area (Å²) in [6, 6.07) is 8.87. The number of hydrogen-bond acceptors (Lipinski definition) is 4. The first-order chi connectivity index (χ1) is 15.2. The normalized spacial score (nSPS) is 19.7. The van der Waals surface area contributed by atoms with Crippen LogP contribution in [0.25, 0.3) is 0 Å². The lowest BCUT2D eigenvalue weighted by Crippen LogP contribution is -2.47. The quantitative estimate of drug-likeness (QED) is 0.310. The number of fused-ring (bicyclic) bond motifs is 1. The van der Waals surface area contributed by atoms with Crippen molar-refractivity contribution in [3.05, 3.63) is 41.5 Å². The largest absolute Gasteiger partial charge is 0.497 e. The highest BCUT2D eigenvalue weighted by Gasteiger charge is 2.36. The number of nitrogens with zero attached hydrogens (tertiary/aromatic N) is 4. The highest BCUT2D eigenvalue weighted by Crippen LogP contribution is 2.42. The van der Waals surface area contributed by atoms with Crippen LogP contribution in [0.4, 0.5) is 0 Å². The van der Waals surface area contributed by atoms with E-state index in [1.807, 2.05) is 6.07 Å². The number of nitrogens with one attached hydrogen (secondary N) is 2. The Morgan fingerprint density at radius 1 is 1.28 bits per heavy atom. The molecule has 32 heavy (non-hydrogen) atoms. The molecule has 8 heteroatoms. The third-order valence-corrected chi connectivity index (χ3v) is 6.69. The van der Waals surface area contributed by atoms with E-state index >= 15 is 0 Å². The van der Waals surface area contributed by atoms with E-state index in [0.29, 0.717) is 6.04 Å². The van der Waals surface area contributed by atoms with Gasteiger partial charge in [0, 0.05) is 30.8 Å². The summed E-state index contributed by atoms with van der Waals surface area (Å²) in [6.07, 6.45) is 7.76. The molecule has 0 amide bonds. The van der Waals surface area contributed by atoms with Gasteiger partial charge in [0.15, 0.2) is 11.8 Å². The monoisotopic (exact) mass is 552 g/mol. The van der Waals surface area contributed by atoms with Crippen LogP contribution in [-0.4, -0.2) is 47.0 Å². The first kappa shape index (κ1) is 24.8. The Bertz CT molecular complexity index is 906. The van der Waals surface area contributed by atoms with Gasteiger partial charge in [0.05, 0.1) is 20.2 Å². The average molecular weight is 553 g/mol. The van der Waals surface area contributed by atoms with Gasteiger partial charge in [0.25, 0.3) is 0 Å². The van der Waals surface area contributed by atoms with Gasteiger partial charge in [0.1, 0.15) is 11.6 Å². The van der Waals surface area contributed by atoms with Crippen LogP contribution >= 0.6 is 24.0 Å². The SMILES string of the molecule is CCNC(=NCC1(c2cccc(OC)c2)CCCC1)NC1CCc2nc(CC)nn2C1.I. The van der Waals surface area contributed by atoms with E-state index in [4.69, 9.17) is 9.73 Å². The first-order valence-electron chi connectivity index (χ1n) is 11.8. The van der Waals surface area contributed by atoms with Crippen LogP contribution in [-0.2, 0) is 24.8 Å². The predicted molar refractivity (Wildman–Crippen MR) is 139 cm³/mol.